The number of aromatic nitrogens is 1. The van der Waals surface area contributed by atoms with E-state index in [4.69, 9.17) is 11.6 Å². The normalized spacial score (nSPS) is 26.8. The number of carbonyl (C=O) groups is 1. The van der Waals surface area contributed by atoms with Crippen LogP contribution in [-0.4, -0.2) is 28.4 Å². The molecule has 136 valence electrons. The third-order valence-electron chi connectivity index (χ3n) is 5.78. The number of fused-ring (bicyclic) bond motifs is 2. The number of hydrogen-bond donors (Lipinski definition) is 0. The van der Waals surface area contributed by atoms with Crippen LogP contribution in [0.25, 0.3) is 11.3 Å². The Morgan fingerprint density at radius 3 is 2.58 bits per heavy atom. The van der Waals surface area contributed by atoms with Crippen LogP contribution in [0.15, 0.2) is 42.5 Å². The van der Waals surface area contributed by atoms with Gasteiger partial charge in [-0.3, -0.25) is 4.79 Å². The average Bonchev–Trinajstić information content (AvgIpc) is 2.84. The van der Waals surface area contributed by atoms with E-state index >= 15 is 0 Å². The molecule has 1 saturated carbocycles. The van der Waals surface area contributed by atoms with Crippen LogP contribution in [0.5, 0.6) is 0 Å². The fraction of sp³-hybridized carbons (Fsp3) is 0.455. The first-order chi connectivity index (χ1) is 12.2. The summed E-state index contributed by atoms with van der Waals surface area (Å²) in [4.78, 5) is 20.0. The highest BCUT2D eigenvalue weighted by Crippen LogP contribution is 2.52. The van der Waals surface area contributed by atoms with Gasteiger partial charge in [0.25, 0.3) is 5.91 Å². The molecule has 2 bridgehead atoms. The Morgan fingerprint density at radius 2 is 1.85 bits per heavy atom. The minimum Gasteiger partial charge on any atom is -0.334 e. The highest BCUT2D eigenvalue weighted by atomic mass is 35.5. The zero-order valence-corrected chi connectivity index (χ0v) is 16.4. The van der Waals surface area contributed by atoms with E-state index in [1.54, 1.807) is 0 Å². The zero-order chi connectivity index (χ0) is 18.5. The third kappa shape index (κ3) is 3.25. The highest BCUT2D eigenvalue weighted by Gasteiger charge is 2.51. The van der Waals surface area contributed by atoms with Crippen molar-refractivity contribution in [2.45, 2.75) is 46.1 Å². The fourth-order valence-corrected chi connectivity index (χ4v) is 5.31. The Balaban J connectivity index is 1.61. The van der Waals surface area contributed by atoms with Crippen LogP contribution < -0.4 is 0 Å². The second-order valence-electron chi connectivity index (χ2n) is 9.06. The third-order valence-corrected chi connectivity index (χ3v) is 6.04. The molecule has 1 amide bonds. The maximum Gasteiger partial charge on any atom is 0.272 e. The van der Waals surface area contributed by atoms with Gasteiger partial charge >= 0.3 is 0 Å². The minimum absolute atomic E-state index is 0.0623. The number of amides is 1. The first kappa shape index (κ1) is 17.5. The molecule has 2 atom stereocenters. The van der Waals surface area contributed by atoms with E-state index in [-0.39, 0.29) is 11.3 Å². The van der Waals surface area contributed by atoms with Gasteiger partial charge in [0.1, 0.15) is 5.69 Å². The molecular formula is C22H25ClN2O. The Labute approximate surface area is 160 Å². The summed E-state index contributed by atoms with van der Waals surface area (Å²) in [6, 6.07) is 13.6. The average molecular weight is 369 g/mol. The van der Waals surface area contributed by atoms with Gasteiger partial charge in [0.2, 0.25) is 0 Å². The van der Waals surface area contributed by atoms with Gasteiger partial charge < -0.3 is 4.90 Å². The molecule has 0 radical (unpaired) electrons. The summed E-state index contributed by atoms with van der Waals surface area (Å²) in [6.07, 6.45) is 3.36. The van der Waals surface area contributed by atoms with Crippen LogP contribution in [-0.2, 0) is 0 Å². The first-order valence-electron chi connectivity index (χ1n) is 9.29. The van der Waals surface area contributed by atoms with Crippen molar-refractivity contribution in [1.82, 2.24) is 9.88 Å². The number of benzene rings is 1. The molecule has 0 unspecified atom stereocenters. The summed E-state index contributed by atoms with van der Waals surface area (Å²) in [6.45, 7) is 7.81. The molecular weight excluding hydrogens is 344 g/mol. The Hall–Kier alpha value is -1.87. The van der Waals surface area contributed by atoms with Crippen LogP contribution in [0.4, 0.5) is 0 Å². The van der Waals surface area contributed by atoms with Gasteiger partial charge in [-0.15, -0.1) is 0 Å². The molecule has 2 aliphatic rings. The van der Waals surface area contributed by atoms with Crippen molar-refractivity contribution in [3.8, 4) is 11.3 Å². The number of nitrogens with zero attached hydrogens (tertiary/aromatic N) is 2. The van der Waals surface area contributed by atoms with Gasteiger partial charge in [-0.2, -0.15) is 0 Å². The fourth-order valence-electron chi connectivity index (χ4n) is 5.18. The van der Waals surface area contributed by atoms with E-state index in [0.29, 0.717) is 22.2 Å². The molecule has 1 aromatic heterocycles. The molecule has 3 nitrogen and oxygen atoms in total. The van der Waals surface area contributed by atoms with Crippen molar-refractivity contribution in [2.24, 2.45) is 10.8 Å². The first-order valence-corrected chi connectivity index (χ1v) is 9.67. The lowest BCUT2D eigenvalue weighted by atomic mass is 9.65. The van der Waals surface area contributed by atoms with Crippen molar-refractivity contribution < 1.29 is 4.79 Å². The molecule has 26 heavy (non-hydrogen) atoms. The standard InChI is InChI=1S/C22H25ClN2O/c1-21(2)11-17-12-22(3,13-21)14-25(17)20(26)19-6-4-5-18(24-19)15-7-9-16(23)10-8-15/h4-10,17H,11-14H2,1-3H3/t17-,22-/m1/s1. The van der Waals surface area contributed by atoms with Gasteiger partial charge in [-0.05, 0) is 54.4 Å². The maximum atomic E-state index is 13.2. The molecule has 0 spiro atoms. The van der Waals surface area contributed by atoms with Gasteiger partial charge in [0.15, 0.2) is 0 Å². The lowest BCUT2D eigenvalue weighted by molar-refractivity contribution is 0.0702. The second kappa shape index (κ2) is 6.09. The summed E-state index contributed by atoms with van der Waals surface area (Å²) in [5.41, 5.74) is 2.84. The van der Waals surface area contributed by atoms with E-state index in [2.05, 4.69) is 30.7 Å². The summed E-state index contributed by atoms with van der Waals surface area (Å²) in [5, 5.41) is 0.696. The van der Waals surface area contributed by atoms with Crippen molar-refractivity contribution in [2.75, 3.05) is 6.54 Å². The topological polar surface area (TPSA) is 33.2 Å². The van der Waals surface area contributed by atoms with E-state index in [1.165, 1.54) is 6.42 Å². The largest absolute Gasteiger partial charge is 0.334 e. The summed E-state index contributed by atoms with van der Waals surface area (Å²) >= 11 is 5.97. The van der Waals surface area contributed by atoms with Crippen molar-refractivity contribution in [3.05, 3.63) is 53.2 Å². The number of carbonyl (C=O) groups excluding carboxylic acids is 1. The molecule has 1 aromatic carbocycles. The molecule has 2 aromatic rings. The summed E-state index contributed by atoms with van der Waals surface area (Å²) < 4.78 is 0. The van der Waals surface area contributed by atoms with Crippen LogP contribution in [0, 0.1) is 10.8 Å². The molecule has 2 heterocycles. The number of halogens is 1. The second-order valence-corrected chi connectivity index (χ2v) is 9.50. The van der Waals surface area contributed by atoms with E-state index in [0.717, 1.165) is 30.6 Å². The highest BCUT2D eigenvalue weighted by molar-refractivity contribution is 6.30. The van der Waals surface area contributed by atoms with Crippen molar-refractivity contribution in [1.29, 1.82) is 0 Å². The molecule has 1 saturated heterocycles. The van der Waals surface area contributed by atoms with Crippen LogP contribution in [0.2, 0.25) is 5.02 Å². The van der Waals surface area contributed by atoms with Crippen LogP contribution >= 0.6 is 11.6 Å². The Bertz CT molecular complexity index is 845. The van der Waals surface area contributed by atoms with E-state index in [9.17, 15) is 4.79 Å². The van der Waals surface area contributed by atoms with E-state index < -0.39 is 0 Å². The smallest absolute Gasteiger partial charge is 0.272 e. The zero-order valence-electron chi connectivity index (χ0n) is 15.6. The van der Waals surface area contributed by atoms with E-state index in [1.807, 2.05) is 42.5 Å². The molecule has 1 aliphatic carbocycles. The molecule has 4 rings (SSSR count). The Kier molecular flexibility index (Phi) is 4.11. The predicted octanol–water partition coefficient (Wildman–Crippen LogP) is 5.44. The number of pyridine rings is 1. The SMILES string of the molecule is CC1(C)C[C@@H]2C[C@@](C)(CN2C(=O)c2cccc(-c3ccc(Cl)cc3)n2)C1. The van der Waals surface area contributed by atoms with Crippen molar-refractivity contribution in [3.63, 3.8) is 0 Å². The molecule has 0 N–H and O–H groups in total. The number of likely N-dealkylation sites (tertiary alicyclic amines) is 1. The number of hydrogen-bond acceptors (Lipinski definition) is 2. The van der Waals surface area contributed by atoms with Gasteiger partial charge in [0, 0.05) is 23.2 Å². The van der Waals surface area contributed by atoms with Gasteiger partial charge in [-0.1, -0.05) is 50.6 Å². The summed E-state index contributed by atoms with van der Waals surface area (Å²) in [7, 11) is 0. The molecule has 4 heteroatoms. The predicted molar refractivity (Wildman–Crippen MR) is 105 cm³/mol. The maximum absolute atomic E-state index is 13.2. The van der Waals surface area contributed by atoms with Gasteiger partial charge in [-0.25, -0.2) is 4.98 Å². The van der Waals surface area contributed by atoms with Crippen molar-refractivity contribution >= 4 is 17.5 Å². The summed E-state index contributed by atoms with van der Waals surface area (Å²) in [5.74, 6) is 0.0623. The lowest BCUT2D eigenvalue weighted by Gasteiger charge is -2.39. The quantitative estimate of drug-likeness (QED) is 0.706. The molecule has 2 fully saturated rings. The van der Waals surface area contributed by atoms with Crippen LogP contribution in [0.1, 0.15) is 50.5 Å². The Morgan fingerprint density at radius 1 is 1.12 bits per heavy atom. The molecule has 1 aliphatic heterocycles. The van der Waals surface area contributed by atoms with Gasteiger partial charge in [0.05, 0.1) is 5.69 Å². The number of rotatable bonds is 2. The minimum atomic E-state index is 0.0623. The lowest BCUT2D eigenvalue weighted by Crippen LogP contribution is -2.38. The van der Waals surface area contributed by atoms with Crippen LogP contribution in [0.3, 0.4) is 0 Å². The monoisotopic (exact) mass is 368 g/mol.